The molecule has 0 spiro atoms. The smallest absolute Gasteiger partial charge is 0.412 e. The van der Waals surface area contributed by atoms with Gasteiger partial charge in [-0.2, -0.15) is 5.26 Å². The van der Waals surface area contributed by atoms with Crippen molar-refractivity contribution >= 4 is 54.7 Å². The van der Waals surface area contributed by atoms with E-state index in [2.05, 4.69) is 43.2 Å². The third-order valence-electron chi connectivity index (χ3n) is 7.12. The molecule has 0 saturated heterocycles. The molecule has 0 aromatic heterocycles. The predicted molar refractivity (Wildman–Crippen MR) is 173 cm³/mol. The fraction of sp³-hybridized carbons (Fsp3) is 0.206. The van der Waals surface area contributed by atoms with Crippen molar-refractivity contribution in [2.24, 2.45) is 17.3 Å². The number of allylic oxidation sites excluding steroid dienone is 1. The van der Waals surface area contributed by atoms with E-state index in [0.717, 1.165) is 14.2 Å². The van der Waals surface area contributed by atoms with E-state index in [-0.39, 0.29) is 23.2 Å². The van der Waals surface area contributed by atoms with E-state index in [0.29, 0.717) is 22.8 Å². The summed E-state index contributed by atoms with van der Waals surface area (Å²) in [5.74, 6) is 1.26. The Morgan fingerprint density at radius 3 is 2.28 bits per heavy atom. The van der Waals surface area contributed by atoms with Crippen molar-refractivity contribution in [3.8, 4) is 23.3 Å². The molecule has 5 rings (SSSR count). The molecule has 9 heteroatoms. The first-order valence-electron chi connectivity index (χ1n) is 13.5. The fourth-order valence-corrected chi connectivity index (χ4v) is 5.30. The minimum Gasteiger partial charge on any atom is -0.457 e. The van der Waals surface area contributed by atoms with E-state index >= 15 is 0 Å². The van der Waals surface area contributed by atoms with E-state index in [1.54, 1.807) is 30.3 Å². The monoisotopic (exact) mass is 704 g/mol. The number of hydrogen-bond donors (Lipinski definition) is 1. The molecule has 0 heterocycles. The molecule has 7 nitrogen and oxygen atoms in total. The second-order valence-corrected chi connectivity index (χ2v) is 13.1. The molecule has 1 amide bonds. The van der Waals surface area contributed by atoms with E-state index in [4.69, 9.17) is 14.2 Å². The van der Waals surface area contributed by atoms with Gasteiger partial charge < -0.3 is 19.5 Å². The minimum absolute atomic E-state index is 0.0563. The lowest BCUT2D eigenvalue weighted by atomic mass is 10.1. The highest BCUT2D eigenvalue weighted by Gasteiger charge is 2.61. The Labute approximate surface area is 267 Å². The number of rotatable bonds is 7. The van der Waals surface area contributed by atoms with Crippen LogP contribution in [-0.4, -0.2) is 19.1 Å². The molecule has 1 saturated carbocycles. The summed E-state index contributed by atoms with van der Waals surface area (Å²) in [5.41, 5.74) is 0.374. The van der Waals surface area contributed by atoms with Gasteiger partial charge in [0.25, 0.3) is 0 Å². The van der Waals surface area contributed by atoms with Crippen molar-refractivity contribution in [2.45, 2.75) is 20.0 Å². The molecule has 4 aromatic carbocycles. The van der Waals surface area contributed by atoms with Crippen LogP contribution in [0.15, 0.2) is 107 Å². The maximum atomic E-state index is 12.7. The number of amides is 1. The summed E-state index contributed by atoms with van der Waals surface area (Å²) in [6.45, 7) is 4.03. The molecule has 3 atom stereocenters. The summed E-state index contributed by atoms with van der Waals surface area (Å²) in [7, 11) is 1.54. The average molecular weight is 706 g/mol. The molecule has 0 aliphatic heterocycles. The summed E-state index contributed by atoms with van der Waals surface area (Å²) in [6.07, 6.45) is 0.508. The predicted octanol–water partition coefficient (Wildman–Crippen LogP) is 9.05. The van der Waals surface area contributed by atoms with Gasteiger partial charge in [0.2, 0.25) is 6.10 Å². The first-order valence-corrected chi connectivity index (χ1v) is 15.1. The maximum Gasteiger partial charge on any atom is 0.412 e. The number of carbonyl (C=O) groups is 2. The third-order valence-corrected chi connectivity index (χ3v) is 7.65. The van der Waals surface area contributed by atoms with Crippen molar-refractivity contribution in [2.75, 3.05) is 7.05 Å². The molecule has 0 radical (unpaired) electrons. The number of nitriles is 1. The van der Waals surface area contributed by atoms with Crippen molar-refractivity contribution in [1.82, 2.24) is 5.32 Å². The first-order chi connectivity index (χ1) is 20.6. The summed E-state index contributed by atoms with van der Waals surface area (Å²) in [5, 5.41) is 14.0. The molecule has 220 valence electrons. The van der Waals surface area contributed by atoms with Gasteiger partial charge in [-0.05, 0) is 78.9 Å². The standard InChI is InChI=1S/C22H19Br2NO3.C12H11NO2/c1-22(2)17(12-19(23)24)20(22)21(26)28-18(13-25)14-7-6-10-16(11-14)27-15-8-4-3-5-9-15;1-13-12(14)15-11-8-4-6-9-5-2-3-7-10(9)11/h3-12,17-18,20H,1-2H3;2-8H,1H3,(H,13,14)/t17-,18+,20-;/m0./s1. The Kier molecular flexibility index (Phi) is 10.6. The normalized spacial score (nSPS) is 16.7. The molecule has 43 heavy (non-hydrogen) atoms. The zero-order chi connectivity index (χ0) is 31.0. The van der Waals surface area contributed by atoms with Crippen LogP contribution in [0.5, 0.6) is 17.2 Å². The Balaban J connectivity index is 0.000000237. The quantitative estimate of drug-likeness (QED) is 0.193. The number of halogens is 2. The summed E-state index contributed by atoms with van der Waals surface area (Å²) >= 11 is 6.68. The highest BCUT2D eigenvalue weighted by Crippen LogP contribution is 2.60. The van der Waals surface area contributed by atoms with Gasteiger partial charge in [-0.25, -0.2) is 4.79 Å². The second-order valence-electron chi connectivity index (χ2n) is 10.3. The first kappa shape index (κ1) is 31.8. The number of esters is 1. The lowest BCUT2D eigenvalue weighted by Gasteiger charge is -2.13. The Hall–Kier alpha value is -4.13. The van der Waals surface area contributed by atoms with Crippen molar-refractivity contribution in [3.63, 3.8) is 0 Å². The van der Waals surface area contributed by atoms with E-state index in [1.165, 1.54) is 7.05 Å². The summed E-state index contributed by atoms with van der Waals surface area (Å²) < 4.78 is 17.3. The van der Waals surface area contributed by atoms with Gasteiger partial charge in [-0.3, -0.25) is 4.79 Å². The van der Waals surface area contributed by atoms with Gasteiger partial charge in [-0.1, -0.05) is 86.7 Å². The molecule has 1 N–H and O–H groups in total. The molecular formula is C34H30Br2N2O5. The van der Waals surface area contributed by atoms with E-state index in [1.807, 2.05) is 86.7 Å². The van der Waals surface area contributed by atoms with Crippen LogP contribution in [0.25, 0.3) is 10.8 Å². The third kappa shape index (κ3) is 8.25. The van der Waals surface area contributed by atoms with Gasteiger partial charge in [0.15, 0.2) is 0 Å². The number of carbonyl (C=O) groups excluding carboxylic acids is 2. The molecule has 1 aliphatic rings. The Morgan fingerprint density at radius 2 is 1.58 bits per heavy atom. The number of nitrogens with one attached hydrogen (secondary N) is 1. The average Bonchev–Trinajstić information content (AvgIpc) is 3.55. The van der Waals surface area contributed by atoms with Gasteiger partial charge in [0, 0.05) is 18.0 Å². The Morgan fingerprint density at radius 1 is 0.930 bits per heavy atom. The number of nitrogens with zero attached hydrogens (tertiary/aromatic N) is 1. The van der Waals surface area contributed by atoms with Crippen LogP contribution in [0.4, 0.5) is 4.79 Å². The van der Waals surface area contributed by atoms with Gasteiger partial charge in [-0.15, -0.1) is 0 Å². The van der Waals surface area contributed by atoms with Crippen LogP contribution in [-0.2, 0) is 9.53 Å². The SMILES string of the molecule is CC1(C)[C@H](C(=O)O[C@H](C#N)c2cccc(Oc3ccccc3)c2)[C@@H]1C=C(Br)Br.CNC(=O)Oc1cccc2ccccc12. The van der Waals surface area contributed by atoms with E-state index in [9.17, 15) is 14.9 Å². The lowest BCUT2D eigenvalue weighted by Crippen LogP contribution is -2.22. The number of para-hydroxylation sites is 1. The van der Waals surface area contributed by atoms with Crippen LogP contribution in [0.3, 0.4) is 0 Å². The summed E-state index contributed by atoms with van der Waals surface area (Å²) in [4.78, 5) is 23.8. The highest BCUT2D eigenvalue weighted by molar-refractivity contribution is 9.28. The largest absolute Gasteiger partial charge is 0.457 e. The molecule has 1 fully saturated rings. The topological polar surface area (TPSA) is 97.7 Å². The minimum atomic E-state index is -0.986. The number of benzene rings is 4. The van der Waals surface area contributed by atoms with Crippen LogP contribution in [0.2, 0.25) is 0 Å². The zero-order valence-electron chi connectivity index (χ0n) is 23.8. The van der Waals surface area contributed by atoms with Crippen LogP contribution < -0.4 is 14.8 Å². The molecule has 4 aromatic rings. The van der Waals surface area contributed by atoms with Crippen LogP contribution >= 0.6 is 31.9 Å². The van der Waals surface area contributed by atoms with Crippen molar-refractivity contribution < 1.29 is 23.8 Å². The van der Waals surface area contributed by atoms with Crippen LogP contribution in [0.1, 0.15) is 25.5 Å². The molecular weight excluding hydrogens is 676 g/mol. The zero-order valence-corrected chi connectivity index (χ0v) is 27.0. The number of hydrogen-bond acceptors (Lipinski definition) is 6. The lowest BCUT2D eigenvalue weighted by molar-refractivity contribution is -0.149. The number of ether oxygens (including phenoxy) is 3. The van der Waals surface area contributed by atoms with Gasteiger partial charge in [0.1, 0.15) is 23.3 Å². The highest BCUT2D eigenvalue weighted by atomic mass is 79.9. The maximum absolute atomic E-state index is 12.7. The van der Waals surface area contributed by atoms with Crippen molar-refractivity contribution in [1.29, 1.82) is 5.26 Å². The molecule has 0 unspecified atom stereocenters. The van der Waals surface area contributed by atoms with Gasteiger partial charge >= 0.3 is 12.1 Å². The van der Waals surface area contributed by atoms with Crippen molar-refractivity contribution in [3.05, 3.63) is 112 Å². The fourth-order valence-electron chi connectivity index (χ4n) is 4.73. The van der Waals surface area contributed by atoms with Crippen LogP contribution in [0, 0.1) is 28.6 Å². The molecule has 1 aliphatic carbocycles. The molecule has 0 bridgehead atoms. The van der Waals surface area contributed by atoms with E-state index < -0.39 is 12.2 Å². The van der Waals surface area contributed by atoms with Gasteiger partial charge in [0.05, 0.1) is 9.31 Å². The Bertz CT molecular complexity index is 1660. The summed E-state index contributed by atoms with van der Waals surface area (Å²) in [6, 6.07) is 31.9. The number of fused-ring (bicyclic) bond motifs is 1. The second kappa shape index (κ2) is 14.4.